The molecule has 0 fully saturated rings. The molecule has 25 heavy (non-hydrogen) atoms. The van der Waals surface area contributed by atoms with Gasteiger partial charge in [0.15, 0.2) is 11.5 Å². The lowest BCUT2D eigenvalue weighted by Gasteiger charge is -2.14. The van der Waals surface area contributed by atoms with Gasteiger partial charge in [-0.15, -0.1) is 11.3 Å². The zero-order chi connectivity index (χ0) is 17.3. The lowest BCUT2D eigenvalue weighted by molar-refractivity contribution is 0.269. The van der Waals surface area contributed by atoms with Crippen molar-refractivity contribution in [3.05, 3.63) is 82.0 Å². The molecule has 130 valence electrons. The lowest BCUT2D eigenvalue weighted by Crippen LogP contribution is -2.12. The highest BCUT2D eigenvalue weighted by Gasteiger charge is 2.07. The summed E-state index contributed by atoms with van der Waals surface area (Å²) in [7, 11) is 0. The average molecular weight is 353 g/mol. The molecule has 0 radical (unpaired) electrons. The first-order valence-electron chi connectivity index (χ1n) is 8.50. The molecule has 2 aromatic carbocycles. The summed E-state index contributed by atoms with van der Waals surface area (Å²) in [6.45, 7) is 4.83. The van der Waals surface area contributed by atoms with Gasteiger partial charge in [-0.3, -0.25) is 0 Å². The topological polar surface area (TPSA) is 30.5 Å². The van der Waals surface area contributed by atoms with Gasteiger partial charge in [0.05, 0.1) is 6.61 Å². The number of hydrogen-bond acceptors (Lipinski definition) is 4. The second kappa shape index (κ2) is 9.25. The summed E-state index contributed by atoms with van der Waals surface area (Å²) in [6.07, 6.45) is 0. The van der Waals surface area contributed by atoms with Crippen LogP contribution in [0.15, 0.2) is 66.0 Å². The van der Waals surface area contributed by atoms with E-state index in [1.807, 2.05) is 31.2 Å². The van der Waals surface area contributed by atoms with Gasteiger partial charge in [0, 0.05) is 18.0 Å². The molecule has 1 heterocycles. The number of nitrogens with one attached hydrogen (secondary N) is 1. The van der Waals surface area contributed by atoms with E-state index in [1.54, 1.807) is 11.3 Å². The average Bonchev–Trinajstić information content (AvgIpc) is 3.16. The van der Waals surface area contributed by atoms with Crippen molar-refractivity contribution >= 4 is 11.3 Å². The Hall–Kier alpha value is -2.30. The van der Waals surface area contributed by atoms with Crippen LogP contribution in [0.5, 0.6) is 11.5 Å². The van der Waals surface area contributed by atoms with Gasteiger partial charge >= 0.3 is 0 Å². The molecule has 0 saturated heterocycles. The van der Waals surface area contributed by atoms with Crippen LogP contribution in [-0.2, 0) is 19.7 Å². The Morgan fingerprint density at radius 2 is 1.72 bits per heavy atom. The van der Waals surface area contributed by atoms with Crippen molar-refractivity contribution in [1.29, 1.82) is 0 Å². The van der Waals surface area contributed by atoms with Crippen molar-refractivity contribution in [3.63, 3.8) is 0 Å². The summed E-state index contributed by atoms with van der Waals surface area (Å²) in [5.41, 5.74) is 2.33. The Labute approximate surface area is 153 Å². The minimum absolute atomic E-state index is 0.539. The van der Waals surface area contributed by atoms with E-state index in [9.17, 15) is 0 Å². The van der Waals surface area contributed by atoms with Crippen LogP contribution in [0.1, 0.15) is 22.9 Å². The van der Waals surface area contributed by atoms with Crippen molar-refractivity contribution in [2.45, 2.75) is 26.6 Å². The number of hydrogen-bond donors (Lipinski definition) is 1. The number of ether oxygens (including phenoxy) is 2. The van der Waals surface area contributed by atoms with E-state index >= 15 is 0 Å². The van der Waals surface area contributed by atoms with Crippen LogP contribution in [0.25, 0.3) is 0 Å². The normalized spacial score (nSPS) is 10.6. The third-order valence-corrected chi connectivity index (χ3v) is 4.63. The second-order valence-corrected chi connectivity index (χ2v) is 6.70. The summed E-state index contributed by atoms with van der Waals surface area (Å²) in [4.78, 5) is 1.34. The SMILES string of the molecule is CCOc1cc(CNCc2cccs2)ccc1OCc1ccccc1. The first-order valence-corrected chi connectivity index (χ1v) is 9.38. The van der Waals surface area contributed by atoms with E-state index in [4.69, 9.17) is 9.47 Å². The maximum atomic E-state index is 5.95. The Kier molecular flexibility index (Phi) is 6.48. The molecule has 0 saturated carbocycles. The van der Waals surface area contributed by atoms with E-state index in [-0.39, 0.29) is 0 Å². The number of rotatable bonds is 9. The van der Waals surface area contributed by atoms with E-state index in [0.29, 0.717) is 13.2 Å². The van der Waals surface area contributed by atoms with E-state index in [1.165, 1.54) is 10.4 Å². The standard InChI is InChI=1S/C21H23NO2S/c1-2-23-21-13-18(14-22-15-19-9-6-12-25-19)10-11-20(21)24-16-17-7-4-3-5-8-17/h3-13,22H,2,14-16H2,1H3. The van der Waals surface area contributed by atoms with Crippen LogP contribution in [0.2, 0.25) is 0 Å². The van der Waals surface area contributed by atoms with Crippen molar-refractivity contribution in [1.82, 2.24) is 5.32 Å². The molecular weight excluding hydrogens is 330 g/mol. The monoisotopic (exact) mass is 353 g/mol. The lowest BCUT2D eigenvalue weighted by atomic mass is 10.2. The molecule has 4 heteroatoms. The minimum Gasteiger partial charge on any atom is -0.490 e. The van der Waals surface area contributed by atoms with E-state index in [0.717, 1.165) is 30.2 Å². The van der Waals surface area contributed by atoms with Gasteiger partial charge in [0.25, 0.3) is 0 Å². The number of thiophene rings is 1. The Morgan fingerprint density at radius 1 is 0.840 bits per heavy atom. The largest absolute Gasteiger partial charge is 0.490 e. The Bertz CT molecular complexity index is 757. The molecule has 3 nitrogen and oxygen atoms in total. The summed E-state index contributed by atoms with van der Waals surface area (Å²) >= 11 is 1.77. The molecule has 1 N–H and O–H groups in total. The zero-order valence-electron chi connectivity index (χ0n) is 14.4. The van der Waals surface area contributed by atoms with Crippen LogP contribution in [0.4, 0.5) is 0 Å². The van der Waals surface area contributed by atoms with Crippen LogP contribution in [0, 0.1) is 0 Å². The quantitative estimate of drug-likeness (QED) is 0.586. The fraction of sp³-hybridized carbons (Fsp3) is 0.238. The summed E-state index contributed by atoms with van der Waals surface area (Å²) < 4.78 is 11.7. The third kappa shape index (κ3) is 5.34. The number of benzene rings is 2. The maximum Gasteiger partial charge on any atom is 0.161 e. The van der Waals surface area contributed by atoms with E-state index in [2.05, 4.69) is 47.1 Å². The molecule has 1 aromatic heterocycles. The Morgan fingerprint density at radius 3 is 2.48 bits per heavy atom. The molecule has 0 aliphatic rings. The second-order valence-electron chi connectivity index (χ2n) is 5.67. The van der Waals surface area contributed by atoms with Gasteiger partial charge in [-0.25, -0.2) is 0 Å². The molecule has 0 atom stereocenters. The molecule has 0 aliphatic carbocycles. The van der Waals surface area contributed by atoms with Gasteiger partial charge in [-0.1, -0.05) is 42.5 Å². The first-order chi connectivity index (χ1) is 12.3. The molecule has 0 spiro atoms. The molecule has 0 unspecified atom stereocenters. The van der Waals surface area contributed by atoms with Gasteiger partial charge in [0.2, 0.25) is 0 Å². The molecular formula is C21H23NO2S. The van der Waals surface area contributed by atoms with Crippen molar-refractivity contribution in [3.8, 4) is 11.5 Å². The van der Waals surface area contributed by atoms with Crippen LogP contribution in [-0.4, -0.2) is 6.61 Å². The Balaban J connectivity index is 1.60. The van der Waals surface area contributed by atoms with Crippen molar-refractivity contribution in [2.75, 3.05) is 6.61 Å². The highest BCUT2D eigenvalue weighted by Crippen LogP contribution is 2.29. The van der Waals surface area contributed by atoms with E-state index < -0.39 is 0 Å². The van der Waals surface area contributed by atoms with Gasteiger partial charge in [0.1, 0.15) is 6.61 Å². The fourth-order valence-electron chi connectivity index (χ4n) is 2.53. The molecule has 0 amide bonds. The predicted octanol–water partition coefficient (Wildman–Crippen LogP) is 5.02. The fourth-order valence-corrected chi connectivity index (χ4v) is 3.20. The third-order valence-electron chi connectivity index (χ3n) is 3.75. The summed E-state index contributed by atoms with van der Waals surface area (Å²) in [6, 6.07) is 20.5. The highest BCUT2D eigenvalue weighted by molar-refractivity contribution is 7.09. The zero-order valence-corrected chi connectivity index (χ0v) is 15.2. The van der Waals surface area contributed by atoms with Crippen LogP contribution in [0.3, 0.4) is 0 Å². The molecule has 0 bridgehead atoms. The summed E-state index contributed by atoms with van der Waals surface area (Å²) in [5.74, 6) is 1.58. The summed E-state index contributed by atoms with van der Waals surface area (Å²) in [5, 5.41) is 5.57. The van der Waals surface area contributed by atoms with Crippen molar-refractivity contribution < 1.29 is 9.47 Å². The van der Waals surface area contributed by atoms with Crippen LogP contribution < -0.4 is 14.8 Å². The molecule has 3 aromatic rings. The predicted molar refractivity (Wildman–Crippen MR) is 103 cm³/mol. The molecule has 0 aliphatic heterocycles. The van der Waals surface area contributed by atoms with Gasteiger partial charge < -0.3 is 14.8 Å². The smallest absolute Gasteiger partial charge is 0.161 e. The maximum absolute atomic E-state index is 5.95. The first kappa shape index (κ1) is 17.5. The van der Waals surface area contributed by atoms with Gasteiger partial charge in [-0.05, 0) is 41.6 Å². The van der Waals surface area contributed by atoms with Crippen LogP contribution >= 0.6 is 11.3 Å². The minimum atomic E-state index is 0.539. The highest BCUT2D eigenvalue weighted by atomic mass is 32.1. The van der Waals surface area contributed by atoms with Crippen molar-refractivity contribution in [2.24, 2.45) is 0 Å². The van der Waals surface area contributed by atoms with Gasteiger partial charge in [-0.2, -0.15) is 0 Å². The molecule has 3 rings (SSSR count).